The summed E-state index contributed by atoms with van der Waals surface area (Å²) in [5, 5.41) is 23.1. The summed E-state index contributed by atoms with van der Waals surface area (Å²) in [5.74, 6) is -4.87. The molecule has 0 bridgehead atoms. The minimum Gasteiger partial charge on any atom is -0.545 e. The van der Waals surface area contributed by atoms with Gasteiger partial charge in [-0.05, 0) is 12.1 Å². The van der Waals surface area contributed by atoms with Crippen LogP contribution in [0.5, 0.6) is 0 Å². The highest BCUT2D eigenvalue weighted by molar-refractivity contribution is 6.07. The summed E-state index contributed by atoms with van der Waals surface area (Å²) < 4.78 is 28.8. The van der Waals surface area contributed by atoms with E-state index in [9.17, 15) is 28.6 Å². The second kappa shape index (κ2) is 6.76. The van der Waals surface area contributed by atoms with Gasteiger partial charge in [0.25, 0.3) is 0 Å². The van der Waals surface area contributed by atoms with Crippen molar-refractivity contribution < 1.29 is 28.6 Å². The Kier molecular flexibility index (Phi) is 4.49. The molecule has 130 valence electrons. The average Bonchev–Trinajstić information content (AvgIpc) is 2.61. The van der Waals surface area contributed by atoms with E-state index in [1.54, 1.807) is 0 Å². The fraction of sp³-hybridized carbons (Fsp3) is 0. The number of rotatable bonds is 4. The van der Waals surface area contributed by atoms with Crippen LogP contribution in [0.4, 0.5) is 8.78 Å². The van der Waals surface area contributed by atoms with Crippen LogP contribution in [-0.4, -0.2) is 11.9 Å². The van der Waals surface area contributed by atoms with Crippen LogP contribution in [0.2, 0.25) is 0 Å². The first-order chi connectivity index (χ1) is 12.4. The lowest BCUT2D eigenvalue weighted by atomic mass is 9.86. The summed E-state index contributed by atoms with van der Waals surface area (Å²) in [6, 6.07) is 12.4. The smallest absolute Gasteiger partial charge is 0.131 e. The lowest BCUT2D eigenvalue weighted by Gasteiger charge is -2.21. The van der Waals surface area contributed by atoms with Crippen molar-refractivity contribution in [2.45, 2.75) is 0 Å². The van der Waals surface area contributed by atoms with Crippen LogP contribution in [0.1, 0.15) is 20.7 Å². The third-order valence-electron chi connectivity index (χ3n) is 3.93. The first kappa shape index (κ1) is 17.3. The molecule has 0 aliphatic carbocycles. The molecule has 0 aromatic heterocycles. The maximum atomic E-state index is 14.4. The van der Waals surface area contributed by atoms with Crippen molar-refractivity contribution in [1.29, 1.82) is 0 Å². The summed E-state index contributed by atoms with van der Waals surface area (Å²) in [4.78, 5) is 23.1. The monoisotopic (exact) mass is 352 g/mol. The Bertz CT molecular complexity index is 946. The second-order valence-corrected chi connectivity index (χ2v) is 5.45. The molecular weight excluding hydrogens is 342 g/mol. The van der Waals surface area contributed by atoms with Gasteiger partial charge in [0.2, 0.25) is 0 Å². The summed E-state index contributed by atoms with van der Waals surface area (Å²) in [5.41, 5.74) is -1.86. The number of carboxylic acids is 2. The molecule has 0 fully saturated rings. The van der Waals surface area contributed by atoms with Gasteiger partial charge in [0.15, 0.2) is 0 Å². The van der Waals surface area contributed by atoms with E-state index < -0.39 is 34.7 Å². The predicted octanol–water partition coefficient (Wildman–Crippen LogP) is 2.03. The van der Waals surface area contributed by atoms with Gasteiger partial charge in [-0.2, -0.15) is 0 Å². The van der Waals surface area contributed by atoms with E-state index in [2.05, 4.69) is 0 Å². The molecule has 26 heavy (non-hydrogen) atoms. The molecule has 6 heteroatoms. The van der Waals surface area contributed by atoms with Crippen molar-refractivity contribution in [3.05, 3.63) is 83.4 Å². The van der Waals surface area contributed by atoms with Crippen molar-refractivity contribution in [3.63, 3.8) is 0 Å². The van der Waals surface area contributed by atoms with Crippen LogP contribution in [-0.2, 0) is 0 Å². The Balaban J connectivity index is 2.53. The Morgan fingerprint density at radius 1 is 0.615 bits per heavy atom. The van der Waals surface area contributed by atoms with E-state index >= 15 is 0 Å². The molecule has 0 atom stereocenters. The minimum absolute atomic E-state index is 0.187. The van der Waals surface area contributed by atoms with Gasteiger partial charge in [0.1, 0.15) is 11.6 Å². The molecule has 0 radical (unpaired) electrons. The van der Waals surface area contributed by atoms with Crippen LogP contribution >= 0.6 is 0 Å². The highest BCUT2D eigenvalue weighted by atomic mass is 19.1. The number of carbonyl (C=O) groups is 2. The van der Waals surface area contributed by atoms with Crippen molar-refractivity contribution >= 4 is 11.9 Å². The van der Waals surface area contributed by atoms with E-state index in [1.165, 1.54) is 36.4 Å². The van der Waals surface area contributed by atoms with E-state index in [0.29, 0.717) is 0 Å². The Labute approximate surface area is 147 Å². The zero-order valence-corrected chi connectivity index (χ0v) is 13.2. The van der Waals surface area contributed by atoms with Gasteiger partial charge >= 0.3 is 0 Å². The second-order valence-electron chi connectivity index (χ2n) is 5.45. The van der Waals surface area contributed by atoms with E-state index in [-0.39, 0.29) is 22.3 Å². The van der Waals surface area contributed by atoms with Crippen molar-refractivity contribution in [1.82, 2.24) is 0 Å². The number of hydrogen-bond donors (Lipinski definition) is 0. The van der Waals surface area contributed by atoms with Gasteiger partial charge in [0.05, 0.1) is 11.9 Å². The summed E-state index contributed by atoms with van der Waals surface area (Å²) in [6.45, 7) is 0. The van der Waals surface area contributed by atoms with Crippen molar-refractivity contribution in [3.8, 4) is 22.3 Å². The van der Waals surface area contributed by atoms with Gasteiger partial charge in [0, 0.05) is 33.4 Å². The molecule has 0 heterocycles. The normalized spacial score (nSPS) is 10.5. The van der Waals surface area contributed by atoms with Crippen molar-refractivity contribution in [2.75, 3.05) is 0 Å². The minimum atomic E-state index is -1.65. The molecule has 3 rings (SSSR count). The zero-order valence-electron chi connectivity index (χ0n) is 13.2. The number of benzene rings is 3. The SMILES string of the molecule is O=C([O-])c1ccc(C(=O)[O-])c(-c2ccccc2F)c1-c1ccccc1F. The van der Waals surface area contributed by atoms with E-state index in [4.69, 9.17) is 0 Å². The Hall–Kier alpha value is -3.54. The quantitative estimate of drug-likeness (QED) is 0.720. The summed E-state index contributed by atoms with van der Waals surface area (Å²) in [7, 11) is 0. The topological polar surface area (TPSA) is 80.3 Å². The Morgan fingerprint density at radius 3 is 1.27 bits per heavy atom. The highest BCUT2D eigenvalue weighted by Gasteiger charge is 2.22. The lowest BCUT2D eigenvalue weighted by molar-refractivity contribution is -0.256. The molecule has 4 nitrogen and oxygen atoms in total. The number of hydrogen-bond acceptors (Lipinski definition) is 4. The van der Waals surface area contributed by atoms with Gasteiger partial charge < -0.3 is 19.8 Å². The Morgan fingerprint density at radius 2 is 0.962 bits per heavy atom. The number of carbonyl (C=O) groups excluding carboxylic acids is 2. The molecule has 0 aliphatic rings. The predicted molar refractivity (Wildman–Crippen MR) is 85.9 cm³/mol. The molecule has 0 aliphatic heterocycles. The van der Waals surface area contributed by atoms with E-state index in [0.717, 1.165) is 24.3 Å². The maximum absolute atomic E-state index is 14.4. The fourth-order valence-corrected chi connectivity index (χ4v) is 2.83. The lowest BCUT2D eigenvalue weighted by Crippen LogP contribution is -2.26. The molecule has 0 spiro atoms. The first-order valence-corrected chi connectivity index (χ1v) is 7.51. The van der Waals surface area contributed by atoms with Gasteiger partial charge in [-0.15, -0.1) is 0 Å². The zero-order chi connectivity index (χ0) is 18.8. The third-order valence-corrected chi connectivity index (χ3v) is 3.93. The number of carboxylic acid groups (broad SMARTS) is 2. The molecule has 0 N–H and O–H groups in total. The van der Waals surface area contributed by atoms with Crippen LogP contribution in [0.15, 0.2) is 60.7 Å². The summed E-state index contributed by atoms with van der Waals surface area (Å²) >= 11 is 0. The molecule has 3 aromatic carbocycles. The largest absolute Gasteiger partial charge is 0.545 e. The number of aromatic carboxylic acids is 2. The standard InChI is InChI=1S/C20H12F2O4/c21-15-7-3-1-5-11(15)17-13(19(23)24)9-10-14(20(25)26)18(17)12-6-2-4-8-16(12)22/h1-10H,(H,23,24)(H,25,26)/p-2. The fourth-order valence-electron chi connectivity index (χ4n) is 2.83. The molecular formula is C20H10F2O4-2. The van der Waals surface area contributed by atoms with Gasteiger partial charge in [-0.1, -0.05) is 48.5 Å². The molecule has 0 amide bonds. The van der Waals surface area contributed by atoms with E-state index in [1.807, 2.05) is 0 Å². The van der Waals surface area contributed by atoms with Crippen molar-refractivity contribution in [2.24, 2.45) is 0 Å². The van der Waals surface area contributed by atoms with Crippen LogP contribution < -0.4 is 10.2 Å². The molecule has 0 saturated heterocycles. The van der Waals surface area contributed by atoms with Crippen LogP contribution in [0.25, 0.3) is 22.3 Å². The highest BCUT2D eigenvalue weighted by Crippen LogP contribution is 2.39. The third kappa shape index (κ3) is 2.93. The molecule has 3 aromatic rings. The molecule has 0 saturated carbocycles. The molecule has 0 unspecified atom stereocenters. The average molecular weight is 352 g/mol. The number of halogens is 2. The maximum Gasteiger partial charge on any atom is 0.131 e. The van der Waals surface area contributed by atoms with Crippen LogP contribution in [0, 0.1) is 11.6 Å². The van der Waals surface area contributed by atoms with Gasteiger partial charge in [-0.25, -0.2) is 8.78 Å². The van der Waals surface area contributed by atoms with Gasteiger partial charge in [-0.3, -0.25) is 0 Å². The van der Waals surface area contributed by atoms with Crippen LogP contribution in [0.3, 0.4) is 0 Å². The first-order valence-electron chi connectivity index (χ1n) is 7.51. The summed E-state index contributed by atoms with van der Waals surface area (Å²) in [6.07, 6.45) is 0.